The van der Waals surface area contributed by atoms with E-state index in [0.717, 1.165) is 4.57 Å². The predicted molar refractivity (Wildman–Crippen MR) is 65.1 cm³/mol. The first kappa shape index (κ1) is 13.9. The van der Waals surface area contributed by atoms with Gasteiger partial charge in [0.05, 0.1) is 19.3 Å². The zero-order valence-corrected chi connectivity index (χ0v) is 10.4. The Kier molecular flexibility index (Phi) is 3.59. The number of ether oxygens (including phenoxy) is 1. The lowest BCUT2D eigenvalue weighted by Crippen LogP contribution is -2.43. The summed E-state index contributed by atoms with van der Waals surface area (Å²) >= 11 is 0. The summed E-state index contributed by atoms with van der Waals surface area (Å²) in [6, 6.07) is 1.40. The molecule has 0 saturated carbocycles. The Balaban J connectivity index is 2.39. The number of aliphatic hydroxyl groups is 3. The molecular formula is C11H17N3O5. The highest BCUT2D eigenvalue weighted by Crippen LogP contribution is 2.42. The summed E-state index contributed by atoms with van der Waals surface area (Å²) in [5, 5.41) is 28.9. The van der Waals surface area contributed by atoms with Crippen molar-refractivity contribution in [3.05, 3.63) is 22.7 Å². The number of aromatic nitrogens is 2. The molecule has 5 N–H and O–H groups in total. The van der Waals surface area contributed by atoms with Gasteiger partial charge in [-0.05, 0) is 6.07 Å². The highest BCUT2D eigenvalue weighted by atomic mass is 16.5. The fraction of sp³-hybridized carbons (Fsp3) is 0.636. The molecule has 0 unspecified atom stereocenters. The minimum atomic E-state index is -1.15. The minimum absolute atomic E-state index is 0.0670. The van der Waals surface area contributed by atoms with E-state index in [9.17, 15) is 20.1 Å². The van der Waals surface area contributed by atoms with Crippen LogP contribution in [0, 0.1) is 5.41 Å². The first-order valence-electron chi connectivity index (χ1n) is 5.84. The second-order valence-electron chi connectivity index (χ2n) is 4.85. The van der Waals surface area contributed by atoms with E-state index in [4.69, 9.17) is 10.5 Å². The third-order valence-corrected chi connectivity index (χ3v) is 3.62. The van der Waals surface area contributed by atoms with E-state index < -0.39 is 29.5 Å². The van der Waals surface area contributed by atoms with Crippen LogP contribution in [-0.2, 0) is 4.74 Å². The van der Waals surface area contributed by atoms with Gasteiger partial charge in [0.1, 0.15) is 11.9 Å². The summed E-state index contributed by atoms with van der Waals surface area (Å²) in [4.78, 5) is 15.3. The van der Waals surface area contributed by atoms with Crippen molar-refractivity contribution in [2.75, 3.05) is 18.9 Å². The van der Waals surface area contributed by atoms with Crippen LogP contribution >= 0.6 is 0 Å². The van der Waals surface area contributed by atoms with E-state index in [1.54, 1.807) is 6.92 Å². The molecule has 19 heavy (non-hydrogen) atoms. The van der Waals surface area contributed by atoms with Gasteiger partial charge < -0.3 is 25.8 Å². The summed E-state index contributed by atoms with van der Waals surface area (Å²) < 4.78 is 6.55. The van der Waals surface area contributed by atoms with Gasteiger partial charge in [-0.25, -0.2) is 4.79 Å². The summed E-state index contributed by atoms with van der Waals surface area (Å²) in [6.07, 6.45) is -1.59. The molecule has 1 aromatic heterocycles. The van der Waals surface area contributed by atoms with E-state index in [1.165, 1.54) is 12.3 Å². The van der Waals surface area contributed by atoms with Crippen molar-refractivity contribution in [2.45, 2.75) is 25.4 Å². The Bertz CT molecular complexity index is 519. The van der Waals surface area contributed by atoms with Crippen LogP contribution in [0.4, 0.5) is 5.82 Å². The highest BCUT2D eigenvalue weighted by Gasteiger charge is 2.53. The molecule has 0 radical (unpaired) electrons. The zero-order chi connectivity index (χ0) is 14.2. The van der Waals surface area contributed by atoms with Gasteiger partial charge in [-0.1, -0.05) is 6.92 Å². The Morgan fingerprint density at radius 1 is 1.58 bits per heavy atom. The number of hydrogen-bond acceptors (Lipinski definition) is 7. The van der Waals surface area contributed by atoms with Gasteiger partial charge in [-0.2, -0.15) is 4.98 Å². The van der Waals surface area contributed by atoms with E-state index in [0.29, 0.717) is 0 Å². The molecule has 0 amide bonds. The normalized spacial score (nSPS) is 34.6. The molecule has 1 saturated heterocycles. The third-order valence-electron chi connectivity index (χ3n) is 3.62. The lowest BCUT2D eigenvalue weighted by molar-refractivity contribution is -0.0571. The molecule has 0 aliphatic carbocycles. The van der Waals surface area contributed by atoms with Crippen LogP contribution in [0.3, 0.4) is 0 Å². The molecule has 0 bridgehead atoms. The molecule has 1 aromatic rings. The fourth-order valence-corrected chi connectivity index (χ4v) is 2.20. The van der Waals surface area contributed by atoms with Crippen molar-refractivity contribution in [2.24, 2.45) is 5.41 Å². The molecule has 0 aromatic carbocycles. The topological polar surface area (TPSA) is 131 Å². The largest absolute Gasteiger partial charge is 0.396 e. The quantitative estimate of drug-likeness (QED) is 0.503. The van der Waals surface area contributed by atoms with Crippen LogP contribution in [0.2, 0.25) is 0 Å². The van der Waals surface area contributed by atoms with Gasteiger partial charge >= 0.3 is 5.69 Å². The number of rotatable bonds is 3. The maximum absolute atomic E-state index is 11.7. The summed E-state index contributed by atoms with van der Waals surface area (Å²) in [5.41, 5.74) is 3.67. The monoisotopic (exact) mass is 271 g/mol. The number of hydrogen-bond donors (Lipinski definition) is 4. The number of aliphatic hydroxyl groups excluding tert-OH is 3. The molecule has 1 aliphatic rings. The average molecular weight is 271 g/mol. The molecule has 1 fully saturated rings. The number of nitrogens with two attached hydrogens (primary N) is 1. The van der Waals surface area contributed by atoms with Crippen molar-refractivity contribution in [3.63, 3.8) is 0 Å². The number of nitrogen functional groups attached to an aromatic ring is 1. The minimum Gasteiger partial charge on any atom is -0.396 e. The SMILES string of the molecule is C[C@@]1(CO)[C@@H](CO)O[C@@H](n2ccc(N)nc2=O)[C@@H]1O. The van der Waals surface area contributed by atoms with Crippen molar-refractivity contribution in [1.29, 1.82) is 0 Å². The van der Waals surface area contributed by atoms with Gasteiger partial charge in [0, 0.05) is 11.6 Å². The summed E-state index contributed by atoms with van der Waals surface area (Å²) in [7, 11) is 0. The van der Waals surface area contributed by atoms with Crippen molar-refractivity contribution in [1.82, 2.24) is 9.55 Å². The highest BCUT2D eigenvalue weighted by molar-refractivity contribution is 5.23. The maximum Gasteiger partial charge on any atom is 0.351 e. The predicted octanol–water partition coefficient (Wildman–Crippen LogP) is -1.93. The molecule has 1 aliphatic heterocycles. The van der Waals surface area contributed by atoms with E-state index >= 15 is 0 Å². The van der Waals surface area contributed by atoms with Crippen LogP contribution in [0.1, 0.15) is 13.2 Å². The molecule has 8 nitrogen and oxygen atoms in total. The van der Waals surface area contributed by atoms with Crippen LogP contribution < -0.4 is 11.4 Å². The van der Waals surface area contributed by atoms with Gasteiger partial charge in [-0.3, -0.25) is 4.57 Å². The van der Waals surface area contributed by atoms with E-state index in [1.807, 2.05) is 0 Å². The van der Waals surface area contributed by atoms with Gasteiger partial charge in [0.25, 0.3) is 0 Å². The molecule has 2 rings (SSSR count). The standard InChI is InChI=1S/C11H17N3O5/c1-11(5-16)6(4-15)19-9(8(11)17)14-3-2-7(12)13-10(14)18/h2-3,6,8-9,15-17H,4-5H2,1H3,(H2,12,13,18)/t6-,8+,9-,11-/m1/s1. The van der Waals surface area contributed by atoms with Gasteiger partial charge in [-0.15, -0.1) is 0 Å². The van der Waals surface area contributed by atoms with E-state index in [2.05, 4.69) is 4.98 Å². The first-order chi connectivity index (χ1) is 8.93. The Labute approximate surface area is 109 Å². The first-order valence-corrected chi connectivity index (χ1v) is 5.84. The molecule has 2 heterocycles. The number of nitrogens with zero attached hydrogens (tertiary/aromatic N) is 2. The molecule has 106 valence electrons. The van der Waals surface area contributed by atoms with Crippen LogP contribution in [0.15, 0.2) is 17.1 Å². The number of anilines is 1. The second kappa shape index (κ2) is 4.89. The van der Waals surface area contributed by atoms with Gasteiger partial charge in [0.15, 0.2) is 6.23 Å². The zero-order valence-electron chi connectivity index (χ0n) is 10.4. The van der Waals surface area contributed by atoms with Crippen molar-refractivity contribution < 1.29 is 20.1 Å². The molecule has 8 heteroatoms. The summed E-state index contributed by atoms with van der Waals surface area (Å²) in [5.74, 6) is 0.0670. The van der Waals surface area contributed by atoms with Gasteiger partial charge in [0.2, 0.25) is 0 Å². The second-order valence-corrected chi connectivity index (χ2v) is 4.85. The van der Waals surface area contributed by atoms with Crippen LogP contribution in [-0.4, -0.2) is 50.3 Å². The van der Waals surface area contributed by atoms with E-state index in [-0.39, 0.29) is 19.0 Å². The maximum atomic E-state index is 11.7. The third kappa shape index (κ3) is 2.12. The Morgan fingerprint density at radius 2 is 2.26 bits per heavy atom. The lowest BCUT2D eigenvalue weighted by Gasteiger charge is -2.29. The molecular weight excluding hydrogens is 254 g/mol. The average Bonchev–Trinajstić information content (AvgIpc) is 2.63. The smallest absolute Gasteiger partial charge is 0.351 e. The van der Waals surface area contributed by atoms with Crippen LogP contribution in [0.25, 0.3) is 0 Å². The summed E-state index contributed by atoms with van der Waals surface area (Å²) in [6.45, 7) is 0.823. The van der Waals surface area contributed by atoms with Crippen molar-refractivity contribution >= 4 is 5.82 Å². The molecule has 0 spiro atoms. The Hall–Kier alpha value is -1.48. The fourth-order valence-electron chi connectivity index (χ4n) is 2.20. The van der Waals surface area contributed by atoms with Crippen LogP contribution in [0.5, 0.6) is 0 Å². The lowest BCUT2D eigenvalue weighted by atomic mass is 9.81. The molecule has 4 atom stereocenters. The Morgan fingerprint density at radius 3 is 2.74 bits per heavy atom. The van der Waals surface area contributed by atoms with Crippen molar-refractivity contribution in [3.8, 4) is 0 Å².